The minimum atomic E-state index is -0.107. The SMILES string of the molecule is CC1CCCNC1C(=O)NCc1ccccc1O. The van der Waals surface area contributed by atoms with Crippen LogP contribution in [0, 0.1) is 5.92 Å². The number of rotatable bonds is 3. The number of aromatic hydroxyl groups is 1. The lowest BCUT2D eigenvalue weighted by atomic mass is 9.92. The van der Waals surface area contributed by atoms with E-state index in [1.807, 2.05) is 12.1 Å². The van der Waals surface area contributed by atoms with E-state index in [0.29, 0.717) is 12.5 Å². The highest BCUT2D eigenvalue weighted by Crippen LogP contribution is 2.17. The molecular weight excluding hydrogens is 228 g/mol. The van der Waals surface area contributed by atoms with E-state index in [0.717, 1.165) is 24.9 Å². The van der Waals surface area contributed by atoms with Gasteiger partial charge in [0.2, 0.25) is 5.91 Å². The minimum Gasteiger partial charge on any atom is -0.508 e. The van der Waals surface area contributed by atoms with Gasteiger partial charge in [-0.05, 0) is 31.4 Å². The van der Waals surface area contributed by atoms with Crippen molar-refractivity contribution in [2.75, 3.05) is 6.54 Å². The van der Waals surface area contributed by atoms with Gasteiger partial charge in [-0.3, -0.25) is 4.79 Å². The van der Waals surface area contributed by atoms with Crippen molar-refractivity contribution in [1.82, 2.24) is 10.6 Å². The van der Waals surface area contributed by atoms with Crippen molar-refractivity contribution < 1.29 is 9.90 Å². The number of para-hydroxylation sites is 1. The van der Waals surface area contributed by atoms with E-state index in [-0.39, 0.29) is 17.7 Å². The molecule has 1 amide bonds. The molecule has 98 valence electrons. The number of nitrogens with one attached hydrogen (secondary N) is 2. The summed E-state index contributed by atoms with van der Waals surface area (Å²) in [6.45, 7) is 3.37. The molecule has 18 heavy (non-hydrogen) atoms. The van der Waals surface area contributed by atoms with Crippen LogP contribution in [0.3, 0.4) is 0 Å². The van der Waals surface area contributed by atoms with Gasteiger partial charge in [0.15, 0.2) is 0 Å². The van der Waals surface area contributed by atoms with Gasteiger partial charge < -0.3 is 15.7 Å². The number of phenolic OH excluding ortho intramolecular Hbond substituents is 1. The zero-order chi connectivity index (χ0) is 13.0. The molecule has 4 nitrogen and oxygen atoms in total. The maximum atomic E-state index is 12.0. The Bertz CT molecular complexity index is 420. The molecule has 1 aromatic carbocycles. The smallest absolute Gasteiger partial charge is 0.237 e. The first-order valence-electron chi connectivity index (χ1n) is 6.46. The summed E-state index contributed by atoms with van der Waals surface area (Å²) >= 11 is 0. The molecule has 1 fully saturated rings. The van der Waals surface area contributed by atoms with Gasteiger partial charge in [-0.1, -0.05) is 25.1 Å². The highest BCUT2D eigenvalue weighted by atomic mass is 16.3. The molecule has 0 aromatic heterocycles. The van der Waals surface area contributed by atoms with Crippen LogP contribution >= 0.6 is 0 Å². The second kappa shape index (κ2) is 5.87. The van der Waals surface area contributed by atoms with Crippen molar-refractivity contribution in [3.63, 3.8) is 0 Å². The summed E-state index contributed by atoms with van der Waals surface area (Å²) in [5, 5.41) is 15.7. The summed E-state index contributed by atoms with van der Waals surface area (Å²) in [4.78, 5) is 12.0. The summed E-state index contributed by atoms with van der Waals surface area (Å²) in [7, 11) is 0. The van der Waals surface area contributed by atoms with Gasteiger partial charge in [-0.25, -0.2) is 0 Å². The Labute approximate surface area is 107 Å². The molecule has 4 heteroatoms. The van der Waals surface area contributed by atoms with Crippen molar-refractivity contribution >= 4 is 5.91 Å². The largest absolute Gasteiger partial charge is 0.508 e. The molecule has 0 spiro atoms. The second-order valence-corrected chi connectivity index (χ2v) is 4.90. The van der Waals surface area contributed by atoms with Crippen LogP contribution < -0.4 is 10.6 Å². The number of piperidine rings is 1. The Morgan fingerprint density at radius 2 is 2.28 bits per heavy atom. The maximum Gasteiger partial charge on any atom is 0.237 e. The fraction of sp³-hybridized carbons (Fsp3) is 0.500. The average Bonchev–Trinajstić information content (AvgIpc) is 2.38. The molecular formula is C14H20N2O2. The molecule has 2 atom stereocenters. The Morgan fingerprint density at radius 1 is 1.50 bits per heavy atom. The van der Waals surface area contributed by atoms with Gasteiger partial charge in [-0.2, -0.15) is 0 Å². The number of carbonyl (C=O) groups excluding carboxylic acids is 1. The van der Waals surface area contributed by atoms with Gasteiger partial charge in [0.05, 0.1) is 6.04 Å². The Morgan fingerprint density at radius 3 is 3.00 bits per heavy atom. The molecule has 1 aliphatic rings. The highest BCUT2D eigenvalue weighted by molar-refractivity contribution is 5.82. The zero-order valence-electron chi connectivity index (χ0n) is 10.6. The van der Waals surface area contributed by atoms with Gasteiger partial charge in [-0.15, -0.1) is 0 Å². The maximum absolute atomic E-state index is 12.0. The normalized spacial score (nSPS) is 23.6. The fourth-order valence-electron chi connectivity index (χ4n) is 2.35. The van der Waals surface area contributed by atoms with E-state index in [9.17, 15) is 9.90 Å². The lowest BCUT2D eigenvalue weighted by Gasteiger charge is -2.28. The van der Waals surface area contributed by atoms with Crippen LogP contribution in [0.1, 0.15) is 25.3 Å². The summed E-state index contributed by atoms with van der Waals surface area (Å²) in [5.41, 5.74) is 0.745. The standard InChI is InChI=1S/C14H20N2O2/c1-10-5-4-8-15-13(10)14(18)16-9-11-6-2-3-7-12(11)17/h2-3,6-7,10,13,15,17H,4-5,8-9H2,1H3,(H,16,18). The average molecular weight is 248 g/mol. The van der Waals surface area contributed by atoms with Crippen LogP contribution in [0.25, 0.3) is 0 Å². The molecule has 0 aliphatic carbocycles. The van der Waals surface area contributed by atoms with Crippen LogP contribution in [0.4, 0.5) is 0 Å². The second-order valence-electron chi connectivity index (χ2n) is 4.90. The Hall–Kier alpha value is -1.55. The van der Waals surface area contributed by atoms with Crippen LogP contribution in [0.15, 0.2) is 24.3 Å². The molecule has 2 unspecified atom stereocenters. The van der Waals surface area contributed by atoms with Gasteiger partial charge in [0, 0.05) is 12.1 Å². The number of amides is 1. The number of carbonyl (C=O) groups is 1. The van der Waals surface area contributed by atoms with Crippen LogP contribution in [-0.4, -0.2) is 23.6 Å². The van der Waals surface area contributed by atoms with E-state index < -0.39 is 0 Å². The summed E-state index contributed by atoms with van der Waals surface area (Å²) < 4.78 is 0. The Kier molecular flexibility index (Phi) is 4.20. The molecule has 3 N–H and O–H groups in total. The van der Waals surface area contributed by atoms with Gasteiger partial charge in [0.25, 0.3) is 0 Å². The van der Waals surface area contributed by atoms with Gasteiger partial charge >= 0.3 is 0 Å². The third-order valence-corrected chi connectivity index (χ3v) is 3.50. The lowest BCUT2D eigenvalue weighted by Crippen LogP contribution is -2.50. The topological polar surface area (TPSA) is 61.4 Å². The summed E-state index contributed by atoms with van der Waals surface area (Å²) in [6.07, 6.45) is 2.21. The lowest BCUT2D eigenvalue weighted by molar-refractivity contribution is -0.125. The molecule has 0 bridgehead atoms. The number of phenols is 1. The zero-order valence-corrected chi connectivity index (χ0v) is 10.6. The number of hydrogen-bond acceptors (Lipinski definition) is 3. The summed E-state index contributed by atoms with van der Waals surface area (Å²) in [6, 6.07) is 6.95. The minimum absolute atomic E-state index is 0.0189. The monoisotopic (exact) mass is 248 g/mol. The molecule has 2 rings (SSSR count). The molecule has 1 aliphatic heterocycles. The first-order valence-corrected chi connectivity index (χ1v) is 6.46. The van der Waals surface area contributed by atoms with Crippen LogP contribution in [-0.2, 0) is 11.3 Å². The molecule has 0 saturated carbocycles. The quantitative estimate of drug-likeness (QED) is 0.757. The molecule has 1 heterocycles. The third-order valence-electron chi connectivity index (χ3n) is 3.50. The molecule has 0 radical (unpaired) electrons. The van der Waals surface area contributed by atoms with E-state index in [1.54, 1.807) is 12.1 Å². The summed E-state index contributed by atoms with van der Waals surface area (Å²) in [5.74, 6) is 0.607. The first-order chi connectivity index (χ1) is 8.68. The molecule has 1 saturated heterocycles. The Balaban J connectivity index is 1.90. The van der Waals surface area contributed by atoms with Crippen molar-refractivity contribution in [3.05, 3.63) is 29.8 Å². The predicted octanol–water partition coefficient (Wildman–Crippen LogP) is 1.40. The van der Waals surface area contributed by atoms with Crippen LogP contribution in [0.5, 0.6) is 5.75 Å². The fourth-order valence-corrected chi connectivity index (χ4v) is 2.35. The van der Waals surface area contributed by atoms with E-state index in [4.69, 9.17) is 0 Å². The van der Waals surface area contributed by atoms with Crippen molar-refractivity contribution in [2.45, 2.75) is 32.4 Å². The first kappa shape index (κ1) is 12.9. The number of benzene rings is 1. The van der Waals surface area contributed by atoms with Gasteiger partial charge in [0.1, 0.15) is 5.75 Å². The van der Waals surface area contributed by atoms with E-state index in [2.05, 4.69) is 17.6 Å². The highest BCUT2D eigenvalue weighted by Gasteiger charge is 2.26. The predicted molar refractivity (Wildman–Crippen MR) is 70.1 cm³/mol. The molecule has 1 aromatic rings. The van der Waals surface area contributed by atoms with Crippen molar-refractivity contribution in [1.29, 1.82) is 0 Å². The number of hydrogen-bond donors (Lipinski definition) is 3. The van der Waals surface area contributed by atoms with Crippen molar-refractivity contribution in [3.8, 4) is 5.75 Å². The third kappa shape index (κ3) is 3.01. The van der Waals surface area contributed by atoms with E-state index in [1.165, 1.54) is 0 Å². The van der Waals surface area contributed by atoms with Crippen molar-refractivity contribution in [2.24, 2.45) is 5.92 Å². The van der Waals surface area contributed by atoms with E-state index >= 15 is 0 Å². The van der Waals surface area contributed by atoms with Crippen LogP contribution in [0.2, 0.25) is 0 Å².